The molecule has 9 heteroatoms. The van der Waals surface area contributed by atoms with Crippen LogP contribution in [0.5, 0.6) is 0 Å². The molecular weight excluding hydrogens is 438 g/mol. The van der Waals surface area contributed by atoms with Crippen LogP contribution in [-0.2, 0) is 9.53 Å². The van der Waals surface area contributed by atoms with Crippen molar-refractivity contribution in [3.05, 3.63) is 78.1 Å². The van der Waals surface area contributed by atoms with Crippen molar-refractivity contribution >= 4 is 49.7 Å². The van der Waals surface area contributed by atoms with Crippen LogP contribution in [-0.4, -0.2) is 10.5 Å². The lowest BCUT2D eigenvalue weighted by molar-refractivity contribution is -0.148. The molecule has 0 aliphatic carbocycles. The molecular formula is C25H23N3O6. The van der Waals surface area contributed by atoms with Gasteiger partial charge in [-0.05, 0) is 6.42 Å². The second kappa shape index (κ2) is 8.58. The first-order valence-corrected chi connectivity index (χ1v) is 10.9. The Kier molecular flexibility index (Phi) is 5.78. The van der Waals surface area contributed by atoms with Gasteiger partial charge in [0.15, 0.2) is 17.1 Å². The number of carbonyl (C=O) groups is 1. The molecule has 0 fully saturated rings. The summed E-state index contributed by atoms with van der Waals surface area (Å²) in [5.74, 6) is -0.806. The van der Waals surface area contributed by atoms with Gasteiger partial charge in [-0.15, -0.1) is 0 Å². The number of rotatable bonds is 7. The van der Waals surface area contributed by atoms with E-state index < -0.39 is 34.2 Å². The van der Waals surface area contributed by atoms with Crippen molar-refractivity contribution in [2.24, 2.45) is 0 Å². The van der Waals surface area contributed by atoms with E-state index in [9.17, 15) is 24.0 Å². The standard InChI is InChI=1S/C25H23N3O6/c1-3-5-6-11-14(34-15(29)4-2)28-24(32)18-19(25(28)33)21(27)17-16(20(18)26)22(30)12-9-7-8-10-13(12)23(17)31/h4,7-10,14H,2-3,5-6,11,26-27H2,1H3. The zero-order valence-corrected chi connectivity index (χ0v) is 18.6. The van der Waals surface area contributed by atoms with E-state index in [1.54, 1.807) is 12.1 Å². The first-order chi connectivity index (χ1) is 16.2. The summed E-state index contributed by atoms with van der Waals surface area (Å²) in [5, 5.41) is -0.662. The van der Waals surface area contributed by atoms with Crippen LogP contribution < -0.4 is 33.4 Å². The normalized spacial score (nSPS) is 12.4. The van der Waals surface area contributed by atoms with Crippen LogP contribution in [0, 0.1) is 0 Å². The van der Waals surface area contributed by atoms with Crippen molar-refractivity contribution in [2.75, 3.05) is 11.5 Å². The summed E-state index contributed by atoms with van der Waals surface area (Å²) < 4.78 is 6.09. The van der Waals surface area contributed by atoms with Gasteiger partial charge in [0.25, 0.3) is 11.1 Å². The fourth-order valence-electron chi connectivity index (χ4n) is 4.44. The van der Waals surface area contributed by atoms with E-state index in [-0.39, 0.29) is 50.1 Å². The van der Waals surface area contributed by atoms with Gasteiger partial charge in [-0.2, -0.15) is 0 Å². The number of aromatic nitrogens is 1. The monoisotopic (exact) mass is 461 g/mol. The van der Waals surface area contributed by atoms with Gasteiger partial charge in [0, 0.05) is 23.3 Å². The van der Waals surface area contributed by atoms with Gasteiger partial charge < -0.3 is 16.2 Å². The second-order valence-electron chi connectivity index (χ2n) is 8.10. The molecule has 4 aromatic rings. The number of nitrogens with zero attached hydrogens (tertiary/aromatic N) is 1. The van der Waals surface area contributed by atoms with Crippen LogP contribution in [0.1, 0.15) is 38.8 Å². The Morgan fingerprint density at radius 3 is 1.88 bits per heavy atom. The van der Waals surface area contributed by atoms with E-state index in [0.717, 1.165) is 23.5 Å². The summed E-state index contributed by atoms with van der Waals surface area (Å²) in [5.41, 5.74) is 9.09. The highest BCUT2D eigenvalue weighted by Crippen LogP contribution is 2.32. The molecule has 0 bridgehead atoms. The maximum absolute atomic E-state index is 13.4. The number of benzene rings is 3. The van der Waals surface area contributed by atoms with E-state index >= 15 is 0 Å². The lowest BCUT2D eigenvalue weighted by atomic mass is 9.97. The van der Waals surface area contributed by atoms with Crippen molar-refractivity contribution in [3.8, 4) is 0 Å². The molecule has 1 heterocycles. The van der Waals surface area contributed by atoms with Crippen LogP contribution in [0.25, 0.3) is 32.3 Å². The Hall–Kier alpha value is -4.27. The highest BCUT2D eigenvalue weighted by atomic mass is 16.6. The zero-order valence-electron chi connectivity index (χ0n) is 18.6. The van der Waals surface area contributed by atoms with E-state index in [4.69, 9.17) is 16.2 Å². The van der Waals surface area contributed by atoms with Gasteiger partial charge in [0.1, 0.15) is 0 Å². The Morgan fingerprint density at radius 2 is 1.44 bits per heavy atom. The van der Waals surface area contributed by atoms with Gasteiger partial charge in [0.05, 0.1) is 32.9 Å². The van der Waals surface area contributed by atoms with Crippen molar-refractivity contribution in [2.45, 2.75) is 38.8 Å². The molecule has 1 unspecified atom stereocenters. The molecule has 3 aromatic carbocycles. The molecule has 1 aromatic heterocycles. The minimum atomic E-state index is -1.22. The fraction of sp³-hybridized carbons (Fsp3) is 0.240. The Morgan fingerprint density at radius 1 is 0.941 bits per heavy atom. The number of carbonyl (C=O) groups excluding carboxylic acids is 1. The summed E-state index contributed by atoms with van der Waals surface area (Å²) in [6, 6.07) is 6.18. The average molecular weight is 461 g/mol. The fourth-order valence-corrected chi connectivity index (χ4v) is 4.44. The number of hydrogen-bond acceptors (Lipinski definition) is 8. The van der Waals surface area contributed by atoms with Crippen LogP contribution in [0.3, 0.4) is 0 Å². The van der Waals surface area contributed by atoms with Gasteiger partial charge in [0.2, 0.25) is 0 Å². The molecule has 0 aliphatic heterocycles. The molecule has 0 aliphatic rings. The van der Waals surface area contributed by atoms with Crippen LogP contribution in [0.15, 0.2) is 56.1 Å². The van der Waals surface area contributed by atoms with Crippen molar-refractivity contribution in [1.29, 1.82) is 0 Å². The number of unbranched alkanes of at least 4 members (excludes halogenated alkanes) is 2. The van der Waals surface area contributed by atoms with Gasteiger partial charge in [-0.1, -0.05) is 50.6 Å². The van der Waals surface area contributed by atoms with Crippen LogP contribution >= 0.6 is 0 Å². The summed E-state index contributed by atoms with van der Waals surface area (Å²) in [6.45, 7) is 5.33. The number of hydrogen-bond donors (Lipinski definition) is 2. The third-order valence-electron chi connectivity index (χ3n) is 6.07. The first-order valence-electron chi connectivity index (χ1n) is 10.9. The SMILES string of the molecule is C=CC(=O)OC(CCCCC)n1c(=O)c2c(N)c3c(=O)c4ccccc4c(=O)c3c(N)c2c1=O. The summed E-state index contributed by atoms with van der Waals surface area (Å²) in [6.07, 6.45) is 2.13. The number of esters is 1. The Labute approximate surface area is 192 Å². The van der Waals surface area contributed by atoms with Crippen LogP contribution in [0.2, 0.25) is 0 Å². The Bertz CT molecular complexity index is 1590. The first kappa shape index (κ1) is 22.9. The van der Waals surface area contributed by atoms with E-state index in [0.29, 0.717) is 6.42 Å². The quantitative estimate of drug-likeness (QED) is 0.106. The molecule has 0 radical (unpaired) electrons. The zero-order chi connectivity index (χ0) is 24.7. The molecule has 0 amide bonds. The lowest BCUT2D eigenvalue weighted by Gasteiger charge is -2.17. The number of anilines is 2. The van der Waals surface area contributed by atoms with Crippen molar-refractivity contribution < 1.29 is 9.53 Å². The van der Waals surface area contributed by atoms with Gasteiger partial charge in [-0.3, -0.25) is 19.2 Å². The van der Waals surface area contributed by atoms with Crippen molar-refractivity contribution in [1.82, 2.24) is 4.57 Å². The molecule has 4 N–H and O–H groups in total. The molecule has 1 atom stereocenters. The highest BCUT2D eigenvalue weighted by Gasteiger charge is 2.29. The molecule has 34 heavy (non-hydrogen) atoms. The summed E-state index contributed by atoms with van der Waals surface area (Å²) in [7, 11) is 0. The smallest absolute Gasteiger partial charge is 0.332 e. The topological polar surface area (TPSA) is 152 Å². The highest BCUT2D eigenvalue weighted by molar-refractivity contribution is 6.20. The Balaban J connectivity index is 2.13. The summed E-state index contributed by atoms with van der Waals surface area (Å²) >= 11 is 0. The third kappa shape index (κ3) is 3.28. The van der Waals surface area contributed by atoms with Crippen molar-refractivity contribution in [3.63, 3.8) is 0 Å². The number of nitrogens with two attached hydrogens (primary N) is 2. The second-order valence-corrected chi connectivity index (χ2v) is 8.10. The molecule has 9 nitrogen and oxygen atoms in total. The van der Waals surface area contributed by atoms with Crippen LogP contribution in [0.4, 0.5) is 11.4 Å². The maximum Gasteiger partial charge on any atom is 0.332 e. The molecule has 174 valence electrons. The van der Waals surface area contributed by atoms with Gasteiger partial charge >= 0.3 is 5.97 Å². The lowest BCUT2D eigenvalue weighted by Crippen LogP contribution is -2.32. The van der Waals surface area contributed by atoms with E-state index in [2.05, 4.69) is 6.58 Å². The molecule has 4 rings (SSSR count). The number of nitrogen functional groups attached to an aromatic ring is 2. The third-order valence-corrected chi connectivity index (χ3v) is 6.07. The van der Waals surface area contributed by atoms with E-state index in [1.807, 2.05) is 6.92 Å². The molecule has 0 spiro atoms. The largest absolute Gasteiger partial charge is 0.438 e. The summed E-state index contributed by atoms with van der Waals surface area (Å²) in [4.78, 5) is 65.1. The minimum Gasteiger partial charge on any atom is -0.438 e. The minimum absolute atomic E-state index is 0.136. The molecule has 0 saturated heterocycles. The van der Waals surface area contributed by atoms with Gasteiger partial charge in [-0.25, -0.2) is 9.36 Å². The molecule has 0 saturated carbocycles. The van der Waals surface area contributed by atoms with E-state index in [1.165, 1.54) is 12.1 Å². The predicted molar refractivity (Wildman–Crippen MR) is 133 cm³/mol. The maximum atomic E-state index is 13.4. The number of ether oxygens (including phenoxy) is 1. The number of fused-ring (bicyclic) bond motifs is 3. The predicted octanol–water partition coefficient (Wildman–Crippen LogP) is 2.24. The average Bonchev–Trinajstić information content (AvgIpc) is 3.09.